The Morgan fingerprint density at radius 2 is 1.35 bits per heavy atom. The number of nitrogens with one attached hydrogen (secondary N) is 3. The van der Waals surface area contributed by atoms with Gasteiger partial charge >= 0.3 is 8.03 Å². The van der Waals surface area contributed by atoms with E-state index in [1.54, 1.807) is 32.9 Å². The minimum Gasteiger partial charge on any atom is -0.504 e. The standard InChI is InChI=1S/C31H34N3O12PS2/c1-4-18-21-11-24(45-13-16(2)33-29(39)19-7-5-9-22(35)27(19)37)25(12-26(21)48-31(18)49(43,44)32-15-47(41)42)46-14-17(3)34-30(40)20-8-6-10-23(36)28(20)38/h5-12,16-17,32H,4,13-15H2,1-3H3,(H6-,33,34,35,36,37,38,39,40,41,42)/p+1. The van der Waals surface area contributed by atoms with Crippen LogP contribution in [0.2, 0.25) is 0 Å². The molecule has 2 amide bonds. The second kappa shape index (κ2) is 15.7. The van der Waals surface area contributed by atoms with Gasteiger partial charge in [-0.05, 0) is 60.7 Å². The average Bonchev–Trinajstić information content (AvgIpc) is 3.42. The van der Waals surface area contributed by atoms with Crippen molar-refractivity contribution < 1.29 is 57.4 Å². The van der Waals surface area contributed by atoms with Crippen molar-refractivity contribution in [2.75, 3.05) is 19.5 Å². The molecule has 15 nitrogen and oxygen atoms in total. The van der Waals surface area contributed by atoms with Crippen LogP contribution in [-0.2, 0) is 21.0 Å². The zero-order valence-corrected chi connectivity index (χ0v) is 29.0. The van der Waals surface area contributed by atoms with Gasteiger partial charge < -0.3 is 40.5 Å². The lowest BCUT2D eigenvalue weighted by molar-refractivity contribution is 0.0910. The normalized spacial score (nSPS) is 13.0. The molecule has 1 aromatic heterocycles. The highest BCUT2D eigenvalue weighted by Gasteiger charge is 2.28. The number of thiophene rings is 1. The Bertz CT molecular complexity index is 2000. The van der Waals surface area contributed by atoms with Crippen LogP contribution in [0, 0.1) is 0 Å². The third kappa shape index (κ3) is 8.87. The number of carbonyl (C=O) groups excluding carboxylic acids is 2. The summed E-state index contributed by atoms with van der Waals surface area (Å²) in [6, 6.07) is 9.80. The minimum atomic E-state index is -4.16. The predicted molar refractivity (Wildman–Crippen MR) is 181 cm³/mol. The lowest BCUT2D eigenvalue weighted by Crippen LogP contribution is -2.37. The number of aryl methyl sites for hydroxylation is 1. The number of hydrogen-bond donors (Lipinski definition) is 8. The number of rotatable bonds is 15. The predicted octanol–water partition coefficient (Wildman–Crippen LogP) is 3.65. The second-order valence-corrected chi connectivity index (χ2v) is 14.9. The molecule has 8 N–H and O–H groups in total. The molecule has 0 spiro atoms. The Morgan fingerprint density at radius 1 is 0.857 bits per heavy atom. The summed E-state index contributed by atoms with van der Waals surface area (Å²) >= 11 is 0.923. The van der Waals surface area contributed by atoms with Crippen molar-refractivity contribution in [1.82, 2.24) is 15.4 Å². The maximum absolute atomic E-state index is 13.1. The Kier molecular flexibility index (Phi) is 11.9. The molecular formula is C31H35N3O12PS2+. The van der Waals surface area contributed by atoms with E-state index in [2.05, 4.69) is 15.4 Å². The molecule has 3 aromatic carbocycles. The Labute approximate surface area is 286 Å². The van der Waals surface area contributed by atoms with Gasteiger partial charge in [0.25, 0.3) is 21.8 Å². The molecule has 18 heteroatoms. The Morgan fingerprint density at radius 3 is 1.82 bits per heavy atom. The van der Waals surface area contributed by atoms with Crippen molar-refractivity contribution in [3.63, 3.8) is 0 Å². The lowest BCUT2D eigenvalue weighted by atomic mass is 10.1. The zero-order chi connectivity index (χ0) is 36.0. The number of aromatic hydroxyl groups is 4. The molecule has 0 aliphatic carbocycles. The summed E-state index contributed by atoms with van der Waals surface area (Å²) in [6.07, 6.45) is -0.377. The minimum absolute atomic E-state index is 0.0527. The summed E-state index contributed by atoms with van der Waals surface area (Å²) < 4.78 is 52.0. The first-order valence-corrected chi connectivity index (χ1v) is 18.4. The zero-order valence-electron chi connectivity index (χ0n) is 26.5. The van der Waals surface area contributed by atoms with Gasteiger partial charge in [0.1, 0.15) is 17.4 Å². The number of amides is 2. The molecule has 49 heavy (non-hydrogen) atoms. The SMILES string of the molecule is CCc1c(S(=O)(=O)NC[P+](=O)O)sc2cc(OCC(C)NC(=O)c3cccc(O)c3O)c(OCC(C)NC(=O)c3cccc(O)c3O)cc12. The average molecular weight is 737 g/mol. The third-order valence-electron chi connectivity index (χ3n) is 7.06. The Hall–Kier alpha value is -4.67. The van der Waals surface area contributed by atoms with E-state index in [1.165, 1.54) is 36.4 Å². The van der Waals surface area contributed by atoms with Gasteiger partial charge in [0.05, 0.1) is 23.2 Å². The van der Waals surface area contributed by atoms with E-state index in [0.717, 1.165) is 11.3 Å². The fraction of sp³-hybridized carbons (Fsp3) is 0.290. The van der Waals surface area contributed by atoms with Gasteiger partial charge in [-0.2, -0.15) is 9.62 Å². The largest absolute Gasteiger partial charge is 0.522 e. The molecule has 0 bridgehead atoms. The molecule has 4 aromatic rings. The van der Waals surface area contributed by atoms with Crippen molar-refractivity contribution in [1.29, 1.82) is 0 Å². The first-order chi connectivity index (χ1) is 23.1. The van der Waals surface area contributed by atoms with Crippen LogP contribution in [0.1, 0.15) is 47.1 Å². The molecule has 3 unspecified atom stereocenters. The van der Waals surface area contributed by atoms with Gasteiger partial charge in [0.15, 0.2) is 34.5 Å². The molecule has 262 valence electrons. The molecule has 0 fully saturated rings. The van der Waals surface area contributed by atoms with Gasteiger partial charge in [0.2, 0.25) is 6.29 Å². The molecule has 3 atom stereocenters. The van der Waals surface area contributed by atoms with E-state index in [9.17, 15) is 43.0 Å². The summed E-state index contributed by atoms with van der Waals surface area (Å²) in [4.78, 5) is 34.6. The van der Waals surface area contributed by atoms with Crippen molar-refractivity contribution in [2.24, 2.45) is 0 Å². The summed E-state index contributed by atoms with van der Waals surface area (Å²) in [6.45, 7) is 4.79. The van der Waals surface area contributed by atoms with Crippen molar-refractivity contribution in [3.8, 4) is 34.5 Å². The summed E-state index contributed by atoms with van der Waals surface area (Å²) in [5.74, 6) is -3.08. The van der Waals surface area contributed by atoms with Gasteiger partial charge in [-0.15, -0.1) is 11.3 Å². The number of phenolic OH excluding ortho intramolecular Hbond substituents is 4. The van der Waals surface area contributed by atoms with Crippen molar-refractivity contribution >= 4 is 51.3 Å². The van der Waals surface area contributed by atoms with Gasteiger partial charge in [-0.1, -0.05) is 19.1 Å². The maximum atomic E-state index is 13.1. The molecule has 0 aliphatic rings. The topological polar surface area (TPSA) is 241 Å². The first kappa shape index (κ1) is 37.2. The van der Waals surface area contributed by atoms with Crippen LogP contribution >= 0.6 is 19.4 Å². The summed E-state index contributed by atoms with van der Waals surface area (Å²) in [7, 11) is -6.92. The highest BCUT2D eigenvalue weighted by molar-refractivity contribution is 7.92. The van der Waals surface area contributed by atoms with Crippen LogP contribution < -0.4 is 24.8 Å². The number of para-hydroxylation sites is 2. The number of benzene rings is 3. The van der Waals surface area contributed by atoms with E-state index >= 15 is 0 Å². The second-order valence-electron chi connectivity index (χ2n) is 10.9. The number of fused-ring (bicyclic) bond motifs is 1. The number of carbonyl (C=O) groups is 2. The number of ether oxygens (including phenoxy) is 2. The third-order valence-corrected chi connectivity index (χ3v) is 10.9. The van der Waals surface area contributed by atoms with Crippen LogP contribution in [0.3, 0.4) is 0 Å². The molecule has 0 saturated carbocycles. The maximum Gasteiger partial charge on any atom is 0.522 e. The van der Waals surface area contributed by atoms with E-state index in [4.69, 9.17) is 14.4 Å². The van der Waals surface area contributed by atoms with Crippen LogP contribution in [0.15, 0.2) is 52.7 Å². The summed E-state index contributed by atoms with van der Waals surface area (Å²) in [5.41, 5.74) is 0.141. The molecular weight excluding hydrogens is 701 g/mol. The number of sulfonamides is 1. The van der Waals surface area contributed by atoms with Gasteiger partial charge in [-0.25, -0.2) is 8.42 Å². The van der Waals surface area contributed by atoms with Crippen LogP contribution in [0.25, 0.3) is 10.1 Å². The highest BCUT2D eigenvalue weighted by Crippen LogP contribution is 2.42. The molecule has 0 radical (unpaired) electrons. The molecule has 4 rings (SSSR count). The van der Waals surface area contributed by atoms with Gasteiger partial charge in [0, 0.05) is 16.2 Å². The quantitative estimate of drug-likeness (QED) is 0.0645. The van der Waals surface area contributed by atoms with Gasteiger partial charge in [-0.3, -0.25) is 9.59 Å². The molecule has 0 saturated heterocycles. The van der Waals surface area contributed by atoms with Crippen LogP contribution in [0.5, 0.6) is 34.5 Å². The Balaban J connectivity index is 1.61. The number of hydrogen-bond acceptors (Lipinski definition) is 12. The van der Waals surface area contributed by atoms with Crippen molar-refractivity contribution in [2.45, 2.75) is 43.5 Å². The number of phenols is 4. The van der Waals surface area contributed by atoms with Crippen LogP contribution in [0.4, 0.5) is 0 Å². The van der Waals surface area contributed by atoms with E-state index in [-0.39, 0.29) is 46.5 Å². The lowest BCUT2D eigenvalue weighted by Gasteiger charge is -2.20. The molecule has 1 heterocycles. The summed E-state index contributed by atoms with van der Waals surface area (Å²) in [5, 5.41) is 45.4. The fourth-order valence-corrected chi connectivity index (χ4v) is 8.41. The van der Waals surface area contributed by atoms with Crippen LogP contribution in [-0.4, -0.2) is 77.1 Å². The smallest absolute Gasteiger partial charge is 0.504 e. The van der Waals surface area contributed by atoms with Crippen molar-refractivity contribution in [3.05, 3.63) is 65.2 Å². The van der Waals surface area contributed by atoms with E-state index in [0.29, 0.717) is 15.6 Å². The first-order valence-electron chi connectivity index (χ1n) is 14.7. The van der Waals surface area contributed by atoms with E-state index < -0.39 is 71.2 Å². The highest BCUT2D eigenvalue weighted by atomic mass is 32.2. The fourth-order valence-electron chi connectivity index (χ4n) is 4.66. The monoisotopic (exact) mass is 736 g/mol. The molecule has 0 aliphatic heterocycles. The van der Waals surface area contributed by atoms with E-state index in [1.807, 2.05) is 0 Å².